The number of rotatable bonds is 20. The summed E-state index contributed by atoms with van der Waals surface area (Å²) in [5.41, 5.74) is 5.67. The summed E-state index contributed by atoms with van der Waals surface area (Å²) >= 11 is 9.35. The molecule has 4 aromatic rings. The van der Waals surface area contributed by atoms with Crippen molar-refractivity contribution >= 4 is 43.6 Å². The van der Waals surface area contributed by atoms with Crippen LogP contribution in [0.3, 0.4) is 0 Å². The highest BCUT2D eigenvalue weighted by Crippen LogP contribution is 2.32. The first-order valence-electron chi connectivity index (χ1n) is 16.4. The van der Waals surface area contributed by atoms with E-state index in [1.807, 2.05) is 0 Å². The highest BCUT2D eigenvalue weighted by atomic mass is 79.9. The van der Waals surface area contributed by atoms with Gasteiger partial charge < -0.3 is 9.47 Å². The van der Waals surface area contributed by atoms with Crippen LogP contribution in [0, 0.1) is 0 Å². The van der Waals surface area contributed by atoms with Crippen molar-refractivity contribution in [2.75, 3.05) is 14.2 Å². The number of aryl methyl sites for hydroxylation is 2. The van der Waals surface area contributed by atoms with Crippen molar-refractivity contribution in [2.45, 2.75) is 87.5 Å². The lowest BCUT2D eigenvalue weighted by atomic mass is 10.0. The third kappa shape index (κ3) is 13.6. The Kier molecular flexibility index (Phi) is 15.9. The van der Waals surface area contributed by atoms with Crippen molar-refractivity contribution in [2.24, 2.45) is 0 Å². The normalized spacial score (nSPS) is 12.5. The quantitative estimate of drug-likeness (QED) is 0.0838. The molecule has 2 nitrogen and oxygen atoms in total. The van der Waals surface area contributed by atoms with Gasteiger partial charge in [0.25, 0.3) is 0 Å². The Hall–Kier alpha value is -2.21. The molecule has 0 heterocycles. The van der Waals surface area contributed by atoms with Crippen LogP contribution in [-0.2, 0) is 25.7 Å². The van der Waals surface area contributed by atoms with Crippen LogP contribution < -0.4 is 9.47 Å². The molecule has 4 rings (SSSR count). The Balaban J connectivity index is 1.36. The number of thioether (sulfide) groups is 1. The molecule has 2 unspecified atom stereocenters. The van der Waals surface area contributed by atoms with Crippen LogP contribution in [-0.4, -0.2) is 24.7 Å². The third-order valence-electron chi connectivity index (χ3n) is 8.44. The lowest BCUT2D eigenvalue weighted by molar-refractivity contribution is 0.414. The van der Waals surface area contributed by atoms with Crippen molar-refractivity contribution < 1.29 is 9.47 Å². The van der Waals surface area contributed by atoms with Crippen LogP contribution in [0.1, 0.15) is 73.6 Å². The van der Waals surface area contributed by atoms with Gasteiger partial charge in [0.05, 0.1) is 14.2 Å². The van der Waals surface area contributed by atoms with Gasteiger partial charge in [-0.05, 0) is 122 Å². The zero-order valence-corrected chi connectivity index (χ0v) is 30.8. The number of halogens is 2. The second-order valence-corrected chi connectivity index (χ2v) is 15.4. The van der Waals surface area contributed by atoms with E-state index in [1.165, 1.54) is 73.6 Å². The van der Waals surface area contributed by atoms with Crippen LogP contribution in [0.15, 0.2) is 106 Å². The molecule has 0 N–H and O–H groups in total. The maximum atomic E-state index is 5.44. The molecule has 0 aliphatic carbocycles. The highest BCUT2D eigenvalue weighted by Gasteiger charge is 2.19. The van der Waals surface area contributed by atoms with Crippen LogP contribution in [0.2, 0.25) is 0 Å². The highest BCUT2D eigenvalue weighted by molar-refractivity contribution is 9.10. The first-order chi connectivity index (χ1) is 22.0. The minimum atomic E-state index is 0.595. The number of hydrogen-bond acceptors (Lipinski definition) is 3. The van der Waals surface area contributed by atoms with Gasteiger partial charge in [0.1, 0.15) is 11.5 Å². The van der Waals surface area contributed by atoms with E-state index in [0.717, 1.165) is 46.1 Å². The number of benzene rings is 4. The van der Waals surface area contributed by atoms with Gasteiger partial charge in [0.2, 0.25) is 0 Å². The molecule has 45 heavy (non-hydrogen) atoms. The van der Waals surface area contributed by atoms with E-state index >= 15 is 0 Å². The molecule has 0 bridgehead atoms. The standard InChI is InChI=1S/C40H48Br2O2S/c1-43-37-25-17-33(18-26-37)29-39(11-7-3-5-9-31-13-21-35(41)22-14-31)45-40(30-34-19-27-38(44-2)28-20-34)12-8-4-6-10-32-15-23-36(42)24-16-32/h13-28,39-40H,3-12,29-30H2,1-2H3. The van der Waals surface area contributed by atoms with E-state index in [2.05, 4.69) is 141 Å². The lowest BCUT2D eigenvalue weighted by Crippen LogP contribution is -2.16. The summed E-state index contributed by atoms with van der Waals surface area (Å²) in [6.45, 7) is 0. The molecule has 4 aromatic carbocycles. The van der Waals surface area contributed by atoms with E-state index in [4.69, 9.17) is 9.47 Å². The summed E-state index contributed by atoms with van der Waals surface area (Å²) in [7, 11) is 3.48. The van der Waals surface area contributed by atoms with Crippen molar-refractivity contribution in [1.29, 1.82) is 0 Å². The first-order valence-corrected chi connectivity index (χ1v) is 18.9. The SMILES string of the molecule is COc1ccc(CC(CCCCCc2ccc(Br)cc2)SC(CCCCCc2ccc(Br)cc2)Cc2ccc(OC)cc2)cc1. The molecule has 0 amide bonds. The molecule has 0 saturated carbocycles. The zero-order valence-electron chi connectivity index (χ0n) is 26.9. The smallest absolute Gasteiger partial charge is 0.118 e. The van der Waals surface area contributed by atoms with Crippen molar-refractivity contribution in [3.8, 4) is 11.5 Å². The van der Waals surface area contributed by atoms with Crippen molar-refractivity contribution in [1.82, 2.24) is 0 Å². The minimum Gasteiger partial charge on any atom is -0.497 e. The number of unbranched alkanes of at least 4 members (excludes halogenated alkanes) is 4. The maximum absolute atomic E-state index is 5.44. The first kappa shape index (κ1) is 35.6. The number of hydrogen-bond donors (Lipinski definition) is 0. The fraction of sp³-hybridized carbons (Fsp3) is 0.400. The summed E-state index contributed by atoms with van der Waals surface area (Å²) in [6.07, 6.45) is 14.6. The van der Waals surface area contributed by atoms with Crippen LogP contribution in [0.25, 0.3) is 0 Å². The second-order valence-electron chi connectivity index (χ2n) is 11.9. The summed E-state index contributed by atoms with van der Waals surface area (Å²) < 4.78 is 13.2. The summed E-state index contributed by atoms with van der Waals surface area (Å²) in [5, 5.41) is 1.19. The van der Waals surface area contributed by atoms with Gasteiger partial charge in [-0.1, -0.05) is 106 Å². The minimum absolute atomic E-state index is 0.595. The van der Waals surface area contributed by atoms with E-state index in [1.54, 1.807) is 14.2 Å². The van der Waals surface area contributed by atoms with Crippen LogP contribution in [0.4, 0.5) is 0 Å². The lowest BCUT2D eigenvalue weighted by Gasteiger charge is -2.24. The molecule has 2 atom stereocenters. The van der Waals surface area contributed by atoms with Crippen LogP contribution in [0.5, 0.6) is 11.5 Å². The van der Waals surface area contributed by atoms with E-state index < -0.39 is 0 Å². The molecule has 240 valence electrons. The van der Waals surface area contributed by atoms with Gasteiger partial charge in [0.15, 0.2) is 0 Å². The van der Waals surface area contributed by atoms with Gasteiger partial charge in [0, 0.05) is 19.4 Å². The fourth-order valence-electron chi connectivity index (χ4n) is 5.82. The van der Waals surface area contributed by atoms with Crippen molar-refractivity contribution in [3.63, 3.8) is 0 Å². The summed E-state index contributed by atoms with van der Waals surface area (Å²) in [5.74, 6) is 1.85. The molecule has 0 aliphatic heterocycles. The van der Waals surface area contributed by atoms with Gasteiger partial charge in [-0.3, -0.25) is 0 Å². The molecule has 0 aromatic heterocycles. The Morgan fingerprint density at radius 3 is 1.18 bits per heavy atom. The molecule has 0 saturated heterocycles. The predicted octanol–water partition coefficient (Wildman–Crippen LogP) is 12.1. The Morgan fingerprint density at radius 1 is 0.467 bits per heavy atom. The van der Waals surface area contributed by atoms with Gasteiger partial charge in [-0.25, -0.2) is 0 Å². The second kappa shape index (κ2) is 20.1. The molecule has 0 fully saturated rings. The van der Waals surface area contributed by atoms with Gasteiger partial charge in [-0.15, -0.1) is 0 Å². The molecular weight excluding hydrogens is 704 g/mol. The zero-order chi connectivity index (χ0) is 31.7. The average molecular weight is 753 g/mol. The Morgan fingerprint density at radius 2 is 0.822 bits per heavy atom. The molecular formula is C40H48Br2O2S. The monoisotopic (exact) mass is 750 g/mol. The maximum Gasteiger partial charge on any atom is 0.118 e. The summed E-state index contributed by atoms with van der Waals surface area (Å²) in [6, 6.07) is 35.0. The fourth-order valence-corrected chi connectivity index (χ4v) is 8.07. The van der Waals surface area contributed by atoms with E-state index in [9.17, 15) is 0 Å². The largest absolute Gasteiger partial charge is 0.497 e. The molecule has 0 aliphatic rings. The van der Waals surface area contributed by atoms with E-state index in [-0.39, 0.29) is 0 Å². The van der Waals surface area contributed by atoms with Gasteiger partial charge >= 0.3 is 0 Å². The third-order valence-corrected chi connectivity index (χ3v) is 11.1. The Bertz CT molecular complexity index is 1250. The number of ether oxygens (including phenoxy) is 2. The Labute approximate surface area is 293 Å². The predicted molar refractivity (Wildman–Crippen MR) is 201 cm³/mol. The van der Waals surface area contributed by atoms with Crippen LogP contribution >= 0.6 is 43.6 Å². The number of methoxy groups -OCH3 is 2. The van der Waals surface area contributed by atoms with Crippen molar-refractivity contribution in [3.05, 3.63) is 128 Å². The topological polar surface area (TPSA) is 18.5 Å². The van der Waals surface area contributed by atoms with E-state index in [0.29, 0.717) is 10.5 Å². The molecule has 5 heteroatoms. The summed E-state index contributed by atoms with van der Waals surface area (Å²) in [4.78, 5) is 0. The van der Waals surface area contributed by atoms with Gasteiger partial charge in [-0.2, -0.15) is 11.8 Å². The average Bonchev–Trinajstić information content (AvgIpc) is 3.06. The molecule has 0 spiro atoms. The molecule has 0 radical (unpaired) electrons.